The van der Waals surface area contributed by atoms with E-state index in [0.717, 1.165) is 12.0 Å². The van der Waals surface area contributed by atoms with E-state index in [1.807, 2.05) is 19.1 Å². The van der Waals surface area contributed by atoms with Gasteiger partial charge in [0.1, 0.15) is 5.75 Å². The molecule has 0 saturated carbocycles. The van der Waals surface area contributed by atoms with Crippen LogP contribution in [0.3, 0.4) is 0 Å². The Kier molecular flexibility index (Phi) is 5.80. The third-order valence-electron chi connectivity index (χ3n) is 3.32. The Bertz CT molecular complexity index is 786. The average molecular weight is 352 g/mol. The number of hydrogen-bond acceptors (Lipinski definition) is 3. The first-order valence-corrected chi connectivity index (χ1v) is 9.42. The third-order valence-corrected chi connectivity index (χ3v) is 5.05. The van der Waals surface area contributed by atoms with Crippen LogP contribution in [0.25, 0.3) is 0 Å². The maximum Gasteiger partial charge on any atom is 0.239 e. The molecular formula is C17H18ClNO3S. The van der Waals surface area contributed by atoms with E-state index < -0.39 is 21.5 Å². The van der Waals surface area contributed by atoms with Crippen LogP contribution in [-0.4, -0.2) is 20.1 Å². The summed E-state index contributed by atoms with van der Waals surface area (Å²) in [4.78, 5) is 12.0. The summed E-state index contributed by atoms with van der Waals surface area (Å²) in [6, 6.07) is 13.9. The molecule has 0 spiro atoms. The molecule has 0 atom stereocenters. The Morgan fingerprint density at radius 1 is 1.09 bits per heavy atom. The summed E-state index contributed by atoms with van der Waals surface area (Å²) in [5, 5.41) is 3.21. The van der Waals surface area contributed by atoms with Crippen molar-refractivity contribution < 1.29 is 13.2 Å². The molecule has 6 heteroatoms. The van der Waals surface area contributed by atoms with Crippen molar-refractivity contribution in [2.45, 2.75) is 19.1 Å². The molecule has 0 fully saturated rings. The number of sulfone groups is 1. The second-order valence-corrected chi connectivity index (χ2v) is 7.72. The highest BCUT2D eigenvalue weighted by Gasteiger charge is 2.18. The number of aryl methyl sites for hydroxylation is 1. The van der Waals surface area contributed by atoms with E-state index in [1.165, 1.54) is 0 Å². The van der Waals surface area contributed by atoms with Crippen LogP contribution in [0, 0.1) is 0 Å². The lowest BCUT2D eigenvalue weighted by Gasteiger charge is -2.10. The van der Waals surface area contributed by atoms with Gasteiger partial charge in [-0.1, -0.05) is 48.9 Å². The molecule has 2 aromatic rings. The standard InChI is InChI=1S/C17H18ClNO3S/c1-2-14-5-3-4-6-16(14)19-17(20)12-23(21,22)11-13-7-9-15(18)10-8-13/h3-10H,2,11-12H2,1H3,(H,19,20). The number of hydrogen-bond donors (Lipinski definition) is 1. The minimum absolute atomic E-state index is 0.187. The molecule has 0 aromatic heterocycles. The Labute approximate surface area is 141 Å². The first-order valence-electron chi connectivity index (χ1n) is 7.22. The zero-order chi connectivity index (χ0) is 16.9. The number of para-hydroxylation sites is 1. The quantitative estimate of drug-likeness (QED) is 0.866. The van der Waals surface area contributed by atoms with Crippen molar-refractivity contribution in [2.24, 2.45) is 0 Å². The van der Waals surface area contributed by atoms with Gasteiger partial charge in [-0.2, -0.15) is 0 Å². The van der Waals surface area contributed by atoms with Crippen LogP contribution in [0.4, 0.5) is 5.69 Å². The molecule has 4 nitrogen and oxygen atoms in total. The summed E-state index contributed by atoms with van der Waals surface area (Å²) in [6.07, 6.45) is 0.758. The number of nitrogens with one attached hydrogen (secondary N) is 1. The molecule has 0 aliphatic carbocycles. The third kappa shape index (κ3) is 5.37. The van der Waals surface area contributed by atoms with Gasteiger partial charge in [0.25, 0.3) is 0 Å². The van der Waals surface area contributed by atoms with Gasteiger partial charge in [0, 0.05) is 10.7 Å². The summed E-state index contributed by atoms with van der Waals surface area (Å²) in [7, 11) is -3.54. The first-order chi connectivity index (χ1) is 10.9. The van der Waals surface area contributed by atoms with E-state index in [1.54, 1.807) is 36.4 Å². The molecule has 2 rings (SSSR count). The van der Waals surface area contributed by atoms with E-state index in [9.17, 15) is 13.2 Å². The van der Waals surface area contributed by atoms with Gasteiger partial charge < -0.3 is 5.32 Å². The molecule has 1 N–H and O–H groups in total. The zero-order valence-corrected chi connectivity index (χ0v) is 14.3. The molecule has 2 aromatic carbocycles. The van der Waals surface area contributed by atoms with Crippen molar-refractivity contribution in [2.75, 3.05) is 11.1 Å². The normalized spacial score (nSPS) is 11.2. The summed E-state index contributed by atoms with van der Waals surface area (Å²) in [5.74, 6) is -1.26. The average Bonchev–Trinajstić information content (AvgIpc) is 2.49. The summed E-state index contributed by atoms with van der Waals surface area (Å²) in [5.41, 5.74) is 2.23. The molecule has 0 saturated heterocycles. The largest absolute Gasteiger partial charge is 0.325 e. The molecule has 23 heavy (non-hydrogen) atoms. The van der Waals surface area contributed by atoms with Crippen molar-refractivity contribution >= 4 is 33.0 Å². The minimum atomic E-state index is -3.54. The second-order valence-electron chi connectivity index (χ2n) is 5.22. The van der Waals surface area contributed by atoms with Crippen molar-refractivity contribution in [3.8, 4) is 0 Å². The molecular weight excluding hydrogens is 334 g/mol. The molecule has 1 amide bonds. The molecule has 0 bridgehead atoms. The first kappa shape index (κ1) is 17.5. The smallest absolute Gasteiger partial charge is 0.239 e. The van der Waals surface area contributed by atoms with Gasteiger partial charge in [0.05, 0.1) is 5.75 Å². The van der Waals surface area contributed by atoms with Gasteiger partial charge in [0.2, 0.25) is 5.91 Å². The maximum atomic E-state index is 12.1. The lowest BCUT2D eigenvalue weighted by atomic mass is 10.1. The van der Waals surface area contributed by atoms with Crippen LogP contribution in [0.5, 0.6) is 0 Å². The van der Waals surface area contributed by atoms with E-state index in [0.29, 0.717) is 16.3 Å². The predicted molar refractivity (Wildman–Crippen MR) is 93.4 cm³/mol. The number of amides is 1. The minimum Gasteiger partial charge on any atom is -0.325 e. The summed E-state index contributed by atoms with van der Waals surface area (Å²) < 4.78 is 24.3. The Balaban J connectivity index is 2.02. The molecule has 0 radical (unpaired) electrons. The van der Waals surface area contributed by atoms with Gasteiger partial charge in [0.15, 0.2) is 9.84 Å². The van der Waals surface area contributed by atoms with E-state index in [4.69, 9.17) is 11.6 Å². The fraction of sp³-hybridized carbons (Fsp3) is 0.235. The maximum absolute atomic E-state index is 12.1. The Hall–Kier alpha value is -1.85. The fourth-order valence-electron chi connectivity index (χ4n) is 2.22. The van der Waals surface area contributed by atoms with Gasteiger partial charge in [-0.15, -0.1) is 0 Å². The highest BCUT2D eigenvalue weighted by atomic mass is 35.5. The van der Waals surface area contributed by atoms with Crippen LogP contribution in [0.2, 0.25) is 5.02 Å². The van der Waals surface area contributed by atoms with Crippen molar-refractivity contribution in [3.05, 3.63) is 64.7 Å². The van der Waals surface area contributed by atoms with Gasteiger partial charge in [-0.25, -0.2) is 8.42 Å². The van der Waals surface area contributed by atoms with Crippen LogP contribution in [-0.2, 0) is 26.8 Å². The number of carbonyl (C=O) groups excluding carboxylic acids is 1. The lowest BCUT2D eigenvalue weighted by molar-refractivity contribution is -0.113. The molecule has 0 aliphatic rings. The molecule has 0 aliphatic heterocycles. The van der Waals surface area contributed by atoms with E-state index in [2.05, 4.69) is 5.32 Å². The van der Waals surface area contributed by atoms with Gasteiger partial charge in [-0.05, 0) is 35.7 Å². The Morgan fingerprint density at radius 2 is 1.74 bits per heavy atom. The van der Waals surface area contributed by atoms with E-state index >= 15 is 0 Å². The molecule has 0 unspecified atom stereocenters. The number of halogens is 1. The van der Waals surface area contributed by atoms with Crippen LogP contribution in [0.15, 0.2) is 48.5 Å². The van der Waals surface area contributed by atoms with Crippen LogP contribution < -0.4 is 5.32 Å². The van der Waals surface area contributed by atoms with Gasteiger partial charge in [-0.3, -0.25) is 4.79 Å². The molecule has 0 heterocycles. The fourth-order valence-corrected chi connectivity index (χ4v) is 3.62. The predicted octanol–water partition coefficient (Wildman–Crippen LogP) is 3.46. The van der Waals surface area contributed by atoms with Crippen LogP contribution >= 0.6 is 11.6 Å². The Morgan fingerprint density at radius 3 is 2.39 bits per heavy atom. The second kappa shape index (κ2) is 7.62. The number of carbonyl (C=O) groups is 1. The van der Waals surface area contributed by atoms with Gasteiger partial charge >= 0.3 is 0 Å². The van der Waals surface area contributed by atoms with Crippen LogP contribution in [0.1, 0.15) is 18.1 Å². The molecule has 122 valence electrons. The lowest BCUT2D eigenvalue weighted by Crippen LogP contribution is -2.24. The number of benzene rings is 2. The topological polar surface area (TPSA) is 63.2 Å². The number of rotatable bonds is 6. The van der Waals surface area contributed by atoms with Crippen molar-refractivity contribution in [1.29, 1.82) is 0 Å². The van der Waals surface area contributed by atoms with Crippen molar-refractivity contribution in [1.82, 2.24) is 0 Å². The SMILES string of the molecule is CCc1ccccc1NC(=O)CS(=O)(=O)Cc1ccc(Cl)cc1. The summed E-state index contributed by atoms with van der Waals surface area (Å²) in [6.45, 7) is 1.97. The monoisotopic (exact) mass is 351 g/mol. The number of anilines is 1. The van der Waals surface area contributed by atoms with Crippen molar-refractivity contribution in [3.63, 3.8) is 0 Å². The zero-order valence-electron chi connectivity index (χ0n) is 12.8. The van der Waals surface area contributed by atoms with E-state index in [-0.39, 0.29) is 5.75 Å². The summed E-state index contributed by atoms with van der Waals surface area (Å²) >= 11 is 5.77. The highest BCUT2D eigenvalue weighted by molar-refractivity contribution is 7.91. The highest BCUT2D eigenvalue weighted by Crippen LogP contribution is 2.16.